The summed E-state index contributed by atoms with van der Waals surface area (Å²) in [6, 6.07) is 0.158. The fourth-order valence-electron chi connectivity index (χ4n) is 1.45. The van der Waals surface area contributed by atoms with Gasteiger partial charge in [-0.05, 0) is 13.3 Å². The smallest absolute Gasteiger partial charge is 0.274 e. The van der Waals surface area contributed by atoms with Gasteiger partial charge >= 0.3 is 0 Å². The molecule has 0 saturated heterocycles. The molecule has 0 aliphatic rings. The molecule has 100 valence electrons. The number of rotatable bonds is 4. The van der Waals surface area contributed by atoms with Gasteiger partial charge in [0.15, 0.2) is 5.69 Å². The second-order valence-corrected chi connectivity index (χ2v) is 5.16. The van der Waals surface area contributed by atoms with Crippen LogP contribution in [-0.4, -0.2) is 33.9 Å². The third kappa shape index (κ3) is 3.19. The number of amides is 1. The summed E-state index contributed by atoms with van der Waals surface area (Å²) in [5.74, 6) is 0.654. The number of carbonyl (C=O) groups excluding carboxylic acids is 1. The van der Waals surface area contributed by atoms with Gasteiger partial charge in [0.1, 0.15) is 5.82 Å². The quantitative estimate of drug-likeness (QED) is 0.844. The molecule has 0 aliphatic carbocycles. The van der Waals surface area contributed by atoms with Crippen molar-refractivity contribution >= 4 is 17.5 Å². The first kappa shape index (κ1) is 14.9. The van der Waals surface area contributed by atoms with Crippen molar-refractivity contribution in [2.75, 3.05) is 7.05 Å². The minimum atomic E-state index is -0.154. The topological polar surface area (TPSA) is 46.1 Å². The molecule has 0 N–H and O–H groups in total. The van der Waals surface area contributed by atoms with Gasteiger partial charge in [0.2, 0.25) is 0 Å². The lowest BCUT2D eigenvalue weighted by Gasteiger charge is -2.23. The van der Waals surface area contributed by atoms with E-state index in [1.165, 1.54) is 6.20 Å². The van der Waals surface area contributed by atoms with Crippen LogP contribution >= 0.6 is 11.6 Å². The van der Waals surface area contributed by atoms with Crippen LogP contribution < -0.4 is 0 Å². The third-order valence-corrected chi connectivity index (χ3v) is 3.33. The SMILES string of the molecule is CCC(C)N(C)C(=O)c1nc(C(C)C)ncc1Cl. The summed E-state index contributed by atoms with van der Waals surface area (Å²) in [5.41, 5.74) is 0.290. The largest absolute Gasteiger partial charge is 0.338 e. The molecule has 0 fully saturated rings. The Balaban J connectivity index is 3.08. The molecule has 0 saturated carbocycles. The molecule has 0 spiro atoms. The van der Waals surface area contributed by atoms with Gasteiger partial charge in [-0.15, -0.1) is 0 Å². The molecular weight excluding hydrogens is 250 g/mol. The minimum Gasteiger partial charge on any atom is -0.338 e. The average molecular weight is 270 g/mol. The summed E-state index contributed by atoms with van der Waals surface area (Å²) in [5, 5.41) is 0.305. The Morgan fingerprint density at radius 1 is 1.44 bits per heavy atom. The Morgan fingerprint density at radius 2 is 2.06 bits per heavy atom. The molecule has 5 heteroatoms. The van der Waals surface area contributed by atoms with Crippen LogP contribution in [0.2, 0.25) is 5.02 Å². The Labute approximate surface area is 113 Å². The van der Waals surface area contributed by atoms with Crippen molar-refractivity contribution in [3.63, 3.8) is 0 Å². The van der Waals surface area contributed by atoms with Crippen LogP contribution in [0.15, 0.2) is 6.20 Å². The van der Waals surface area contributed by atoms with E-state index in [1.54, 1.807) is 11.9 Å². The lowest BCUT2D eigenvalue weighted by molar-refractivity contribution is 0.0734. The van der Waals surface area contributed by atoms with Gasteiger partial charge in [-0.25, -0.2) is 9.97 Å². The molecule has 1 amide bonds. The molecule has 18 heavy (non-hydrogen) atoms. The first-order valence-electron chi connectivity index (χ1n) is 6.18. The maximum Gasteiger partial charge on any atom is 0.274 e. The number of hydrogen-bond acceptors (Lipinski definition) is 3. The second kappa shape index (κ2) is 6.14. The van der Waals surface area contributed by atoms with Crippen molar-refractivity contribution in [1.82, 2.24) is 14.9 Å². The Bertz CT molecular complexity index is 434. The van der Waals surface area contributed by atoms with Crippen LogP contribution in [0.25, 0.3) is 0 Å². The molecule has 1 aromatic heterocycles. The number of carbonyl (C=O) groups is 1. The summed E-state index contributed by atoms with van der Waals surface area (Å²) in [7, 11) is 1.77. The molecule has 0 radical (unpaired) electrons. The molecule has 0 bridgehead atoms. The Hall–Kier alpha value is -1.16. The lowest BCUT2D eigenvalue weighted by Crippen LogP contribution is -2.35. The van der Waals surface area contributed by atoms with Gasteiger partial charge in [-0.3, -0.25) is 4.79 Å². The zero-order valence-corrected chi connectivity index (χ0v) is 12.3. The highest BCUT2D eigenvalue weighted by Gasteiger charge is 2.21. The molecule has 0 aliphatic heterocycles. The summed E-state index contributed by atoms with van der Waals surface area (Å²) < 4.78 is 0. The van der Waals surface area contributed by atoms with Gasteiger partial charge in [0, 0.05) is 19.0 Å². The van der Waals surface area contributed by atoms with Crippen molar-refractivity contribution in [2.45, 2.75) is 46.1 Å². The normalized spacial score (nSPS) is 12.6. The van der Waals surface area contributed by atoms with E-state index in [-0.39, 0.29) is 23.6 Å². The monoisotopic (exact) mass is 269 g/mol. The van der Waals surface area contributed by atoms with Crippen molar-refractivity contribution in [2.24, 2.45) is 0 Å². The molecule has 4 nitrogen and oxygen atoms in total. The standard InChI is InChI=1S/C13H20ClN3O/c1-6-9(4)17(5)13(18)11-10(14)7-15-12(16-11)8(2)3/h7-9H,6H2,1-5H3. The fraction of sp³-hybridized carbons (Fsp3) is 0.615. The van der Waals surface area contributed by atoms with Gasteiger partial charge in [0.05, 0.1) is 11.2 Å². The summed E-state index contributed by atoms with van der Waals surface area (Å²) >= 11 is 6.02. The van der Waals surface area contributed by atoms with Crippen LogP contribution in [0.1, 0.15) is 56.3 Å². The van der Waals surface area contributed by atoms with Crippen LogP contribution in [0.5, 0.6) is 0 Å². The van der Waals surface area contributed by atoms with Crippen LogP contribution in [0.3, 0.4) is 0 Å². The van der Waals surface area contributed by atoms with Crippen molar-refractivity contribution < 1.29 is 4.79 Å². The number of nitrogens with zero attached hydrogens (tertiary/aromatic N) is 3. The van der Waals surface area contributed by atoms with E-state index in [1.807, 2.05) is 27.7 Å². The number of aromatic nitrogens is 2. The third-order valence-electron chi connectivity index (χ3n) is 3.05. The van der Waals surface area contributed by atoms with E-state index in [0.717, 1.165) is 6.42 Å². The van der Waals surface area contributed by atoms with Crippen LogP contribution in [0, 0.1) is 0 Å². The molecule has 1 heterocycles. The maximum atomic E-state index is 12.3. The van der Waals surface area contributed by atoms with Crippen molar-refractivity contribution in [3.05, 3.63) is 22.7 Å². The molecule has 1 atom stereocenters. The molecule has 0 aromatic carbocycles. The van der Waals surface area contributed by atoms with E-state index in [2.05, 4.69) is 9.97 Å². The van der Waals surface area contributed by atoms with Gasteiger partial charge in [-0.2, -0.15) is 0 Å². The Kier molecular flexibility index (Phi) is 5.08. The molecule has 1 unspecified atom stereocenters. The predicted molar refractivity (Wildman–Crippen MR) is 73.0 cm³/mol. The molecule has 1 rings (SSSR count). The first-order chi connectivity index (χ1) is 8.38. The molecule has 1 aromatic rings. The van der Waals surface area contributed by atoms with Crippen LogP contribution in [0.4, 0.5) is 0 Å². The van der Waals surface area contributed by atoms with E-state index in [9.17, 15) is 4.79 Å². The summed E-state index contributed by atoms with van der Waals surface area (Å²) in [4.78, 5) is 22.4. The lowest BCUT2D eigenvalue weighted by atomic mass is 10.2. The zero-order chi connectivity index (χ0) is 13.9. The van der Waals surface area contributed by atoms with Gasteiger partial charge in [-0.1, -0.05) is 32.4 Å². The number of hydrogen-bond donors (Lipinski definition) is 0. The van der Waals surface area contributed by atoms with Crippen LogP contribution in [-0.2, 0) is 0 Å². The zero-order valence-electron chi connectivity index (χ0n) is 11.6. The maximum absolute atomic E-state index is 12.3. The van der Waals surface area contributed by atoms with Crippen molar-refractivity contribution in [1.29, 1.82) is 0 Å². The fourth-order valence-corrected chi connectivity index (χ4v) is 1.62. The first-order valence-corrected chi connectivity index (χ1v) is 6.55. The number of halogens is 1. The summed E-state index contributed by atoms with van der Waals surface area (Å²) in [6.07, 6.45) is 2.39. The highest BCUT2D eigenvalue weighted by molar-refractivity contribution is 6.33. The van der Waals surface area contributed by atoms with Crippen molar-refractivity contribution in [3.8, 4) is 0 Å². The average Bonchev–Trinajstić information content (AvgIpc) is 2.36. The van der Waals surface area contributed by atoms with E-state index in [4.69, 9.17) is 11.6 Å². The highest BCUT2D eigenvalue weighted by Crippen LogP contribution is 2.18. The van der Waals surface area contributed by atoms with E-state index < -0.39 is 0 Å². The minimum absolute atomic E-state index is 0.154. The highest BCUT2D eigenvalue weighted by atomic mass is 35.5. The molecular formula is C13H20ClN3O. The Morgan fingerprint density at radius 3 is 2.56 bits per heavy atom. The van der Waals surface area contributed by atoms with Gasteiger partial charge < -0.3 is 4.90 Å². The second-order valence-electron chi connectivity index (χ2n) is 4.75. The van der Waals surface area contributed by atoms with E-state index in [0.29, 0.717) is 10.8 Å². The predicted octanol–water partition coefficient (Wildman–Crippen LogP) is 3.12. The van der Waals surface area contributed by atoms with Gasteiger partial charge in [0.25, 0.3) is 5.91 Å². The summed E-state index contributed by atoms with van der Waals surface area (Å²) in [6.45, 7) is 8.00. The van der Waals surface area contributed by atoms with E-state index >= 15 is 0 Å².